The van der Waals surface area contributed by atoms with E-state index in [4.69, 9.17) is 5.11 Å². The quantitative estimate of drug-likeness (QED) is 0.894. The van der Waals surface area contributed by atoms with Crippen LogP contribution in [0.4, 0.5) is 14.5 Å². The third-order valence-corrected chi connectivity index (χ3v) is 3.72. The van der Waals surface area contributed by atoms with Gasteiger partial charge in [0.1, 0.15) is 17.3 Å². The van der Waals surface area contributed by atoms with E-state index in [1.165, 1.54) is 0 Å². The van der Waals surface area contributed by atoms with Gasteiger partial charge in [0.05, 0.1) is 5.56 Å². The number of anilines is 1. The van der Waals surface area contributed by atoms with Crippen molar-refractivity contribution in [3.8, 4) is 0 Å². The van der Waals surface area contributed by atoms with Crippen molar-refractivity contribution in [2.45, 2.75) is 45.2 Å². The molecule has 1 saturated heterocycles. The number of halogens is 2. The largest absolute Gasteiger partial charge is 0.478 e. The van der Waals surface area contributed by atoms with Gasteiger partial charge in [-0.05, 0) is 45.2 Å². The van der Waals surface area contributed by atoms with Crippen LogP contribution in [0.15, 0.2) is 12.1 Å². The zero-order chi connectivity index (χ0) is 14.2. The number of hydrogen-bond acceptors (Lipinski definition) is 2. The summed E-state index contributed by atoms with van der Waals surface area (Å²) >= 11 is 0. The highest BCUT2D eigenvalue weighted by atomic mass is 19.1. The van der Waals surface area contributed by atoms with E-state index in [1.807, 2.05) is 13.8 Å². The smallest absolute Gasteiger partial charge is 0.335 e. The summed E-state index contributed by atoms with van der Waals surface area (Å²) in [5.74, 6) is -2.94. The molecule has 0 amide bonds. The molecule has 2 rings (SSSR count). The number of carboxylic acid groups (broad SMARTS) is 1. The normalized spacial score (nSPS) is 23.5. The maximum atomic E-state index is 14.1. The third kappa shape index (κ3) is 2.55. The lowest BCUT2D eigenvalue weighted by Gasteiger charge is -2.41. The summed E-state index contributed by atoms with van der Waals surface area (Å²) in [6, 6.07) is 1.86. The summed E-state index contributed by atoms with van der Waals surface area (Å²) in [7, 11) is 0. The van der Waals surface area contributed by atoms with E-state index in [0.717, 1.165) is 31.4 Å². The van der Waals surface area contributed by atoms with Crippen LogP contribution in [0.25, 0.3) is 0 Å². The molecule has 5 heteroatoms. The second-order valence-electron chi connectivity index (χ2n) is 5.13. The van der Waals surface area contributed by atoms with Crippen LogP contribution in [0.2, 0.25) is 0 Å². The molecule has 2 atom stereocenters. The standard InChI is InChI=1S/C14H17F2NO2/c1-8-4-3-5-9(2)17(8)13-11(15)6-10(14(18)19)7-12(13)16/h6-9H,3-5H2,1-2H3,(H,18,19). The van der Waals surface area contributed by atoms with E-state index < -0.39 is 17.6 Å². The maximum absolute atomic E-state index is 14.1. The van der Waals surface area contributed by atoms with Crippen molar-refractivity contribution in [3.63, 3.8) is 0 Å². The Kier molecular flexibility index (Phi) is 3.73. The number of carbonyl (C=O) groups is 1. The first-order valence-corrected chi connectivity index (χ1v) is 6.42. The number of nitrogens with zero attached hydrogens (tertiary/aromatic N) is 1. The van der Waals surface area contributed by atoms with E-state index in [0.29, 0.717) is 0 Å². The first-order valence-electron chi connectivity index (χ1n) is 6.42. The Balaban J connectivity index is 2.47. The van der Waals surface area contributed by atoms with Gasteiger partial charge >= 0.3 is 5.97 Å². The summed E-state index contributed by atoms with van der Waals surface area (Å²) in [4.78, 5) is 12.5. The van der Waals surface area contributed by atoms with Crippen LogP contribution in [0.5, 0.6) is 0 Å². The molecule has 1 aliphatic rings. The molecule has 0 spiro atoms. The van der Waals surface area contributed by atoms with Crippen molar-refractivity contribution in [1.29, 1.82) is 0 Å². The lowest BCUT2D eigenvalue weighted by molar-refractivity contribution is 0.0696. The molecule has 0 radical (unpaired) electrons. The molecule has 0 saturated carbocycles. The molecule has 1 heterocycles. The Morgan fingerprint density at radius 1 is 1.21 bits per heavy atom. The van der Waals surface area contributed by atoms with Crippen LogP contribution in [0.1, 0.15) is 43.5 Å². The zero-order valence-electron chi connectivity index (χ0n) is 11.0. The van der Waals surface area contributed by atoms with Crippen molar-refractivity contribution in [3.05, 3.63) is 29.3 Å². The molecular formula is C14H17F2NO2. The Bertz CT molecular complexity index is 471. The fourth-order valence-corrected chi connectivity index (χ4v) is 2.80. The van der Waals surface area contributed by atoms with Gasteiger partial charge in [0.25, 0.3) is 0 Å². The van der Waals surface area contributed by atoms with Crippen LogP contribution in [0, 0.1) is 11.6 Å². The van der Waals surface area contributed by atoms with E-state index in [2.05, 4.69) is 0 Å². The van der Waals surface area contributed by atoms with Gasteiger partial charge < -0.3 is 10.0 Å². The molecule has 1 N–H and O–H groups in total. The lowest BCUT2D eigenvalue weighted by atomic mass is 9.96. The predicted molar refractivity (Wildman–Crippen MR) is 68.6 cm³/mol. The third-order valence-electron chi connectivity index (χ3n) is 3.72. The van der Waals surface area contributed by atoms with E-state index in [1.54, 1.807) is 4.90 Å². The monoisotopic (exact) mass is 269 g/mol. The Morgan fingerprint density at radius 3 is 2.11 bits per heavy atom. The van der Waals surface area contributed by atoms with Gasteiger partial charge in [0.15, 0.2) is 0 Å². The van der Waals surface area contributed by atoms with Crippen molar-refractivity contribution < 1.29 is 18.7 Å². The molecule has 19 heavy (non-hydrogen) atoms. The predicted octanol–water partition coefficient (Wildman–Crippen LogP) is 3.43. The zero-order valence-corrected chi connectivity index (χ0v) is 11.0. The SMILES string of the molecule is CC1CCCC(C)N1c1c(F)cc(C(=O)O)cc1F. The van der Waals surface area contributed by atoms with Gasteiger partial charge in [0, 0.05) is 12.1 Å². The van der Waals surface area contributed by atoms with Gasteiger partial charge in [0.2, 0.25) is 0 Å². The summed E-state index contributed by atoms with van der Waals surface area (Å²) < 4.78 is 28.1. The van der Waals surface area contributed by atoms with Gasteiger partial charge in [-0.25, -0.2) is 13.6 Å². The average molecular weight is 269 g/mol. The number of piperidine rings is 1. The highest BCUT2D eigenvalue weighted by molar-refractivity contribution is 5.88. The highest BCUT2D eigenvalue weighted by Gasteiger charge is 2.30. The van der Waals surface area contributed by atoms with Crippen LogP contribution in [-0.2, 0) is 0 Å². The number of benzene rings is 1. The first kappa shape index (κ1) is 13.8. The number of aromatic carboxylic acids is 1. The molecule has 0 bridgehead atoms. The fourth-order valence-electron chi connectivity index (χ4n) is 2.80. The number of carboxylic acids is 1. The number of hydrogen-bond donors (Lipinski definition) is 1. The molecule has 1 aliphatic heterocycles. The minimum Gasteiger partial charge on any atom is -0.478 e. The fraction of sp³-hybridized carbons (Fsp3) is 0.500. The Labute approximate surface area is 110 Å². The molecule has 1 aromatic rings. The van der Waals surface area contributed by atoms with Crippen molar-refractivity contribution >= 4 is 11.7 Å². The second kappa shape index (κ2) is 5.15. The molecular weight excluding hydrogens is 252 g/mol. The van der Waals surface area contributed by atoms with Crippen LogP contribution in [0.3, 0.4) is 0 Å². The Hall–Kier alpha value is -1.65. The van der Waals surface area contributed by atoms with Gasteiger partial charge in [-0.2, -0.15) is 0 Å². The van der Waals surface area contributed by atoms with E-state index in [9.17, 15) is 13.6 Å². The van der Waals surface area contributed by atoms with Crippen LogP contribution < -0.4 is 4.90 Å². The highest BCUT2D eigenvalue weighted by Crippen LogP contribution is 2.33. The summed E-state index contributed by atoms with van der Waals surface area (Å²) in [6.45, 7) is 3.86. The van der Waals surface area contributed by atoms with Crippen LogP contribution >= 0.6 is 0 Å². The van der Waals surface area contributed by atoms with Crippen molar-refractivity contribution in [1.82, 2.24) is 0 Å². The lowest BCUT2D eigenvalue weighted by Crippen LogP contribution is -2.44. The van der Waals surface area contributed by atoms with E-state index in [-0.39, 0.29) is 23.3 Å². The molecule has 2 unspecified atom stereocenters. The minimum absolute atomic E-state index is 0.0448. The maximum Gasteiger partial charge on any atom is 0.335 e. The average Bonchev–Trinajstić information content (AvgIpc) is 2.31. The first-order chi connectivity index (χ1) is 8.91. The van der Waals surface area contributed by atoms with Crippen LogP contribution in [-0.4, -0.2) is 23.2 Å². The molecule has 1 fully saturated rings. The second-order valence-corrected chi connectivity index (χ2v) is 5.13. The Morgan fingerprint density at radius 2 is 1.68 bits per heavy atom. The van der Waals surface area contributed by atoms with Gasteiger partial charge in [-0.15, -0.1) is 0 Å². The van der Waals surface area contributed by atoms with Gasteiger partial charge in [-0.3, -0.25) is 0 Å². The molecule has 3 nitrogen and oxygen atoms in total. The topological polar surface area (TPSA) is 40.5 Å². The number of rotatable bonds is 2. The molecule has 0 aromatic heterocycles. The summed E-state index contributed by atoms with van der Waals surface area (Å²) in [5, 5.41) is 8.79. The minimum atomic E-state index is -1.33. The van der Waals surface area contributed by atoms with Crippen molar-refractivity contribution in [2.24, 2.45) is 0 Å². The van der Waals surface area contributed by atoms with E-state index >= 15 is 0 Å². The van der Waals surface area contributed by atoms with Gasteiger partial charge in [-0.1, -0.05) is 0 Å². The molecule has 104 valence electrons. The van der Waals surface area contributed by atoms with Crippen molar-refractivity contribution in [2.75, 3.05) is 4.90 Å². The molecule has 0 aliphatic carbocycles. The molecule has 1 aromatic carbocycles. The summed E-state index contributed by atoms with van der Waals surface area (Å²) in [6.07, 6.45) is 2.79. The summed E-state index contributed by atoms with van der Waals surface area (Å²) in [5.41, 5.74) is -0.472.